The highest BCUT2D eigenvalue weighted by atomic mass is 16.5. The zero-order valence-electron chi connectivity index (χ0n) is 20.1. The van der Waals surface area contributed by atoms with E-state index in [2.05, 4.69) is 26.0 Å². The van der Waals surface area contributed by atoms with Gasteiger partial charge in [-0.2, -0.15) is 0 Å². The maximum Gasteiger partial charge on any atom is 0.0658 e. The molecule has 4 fully saturated rings. The number of aliphatic hydroxyl groups is 3. The molecule has 4 aliphatic rings. The van der Waals surface area contributed by atoms with Gasteiger partial charge in [0.25, 0.3) is 0 Å². The molecule has 0 aromatic carbocycles. The SMILES string of the molecule is C[C@@H](OCCC(C)(C)O)C1CCC2C(=CC=C3C[C@@H](O)C4(CC4)[C@H](O)C3)CCCC21C. The summed E-state index contributed by atoms with van der Waals surface area (Å²) in [7, 11) is 0. The van der Waals surface area contributed by atoms with Gasteiger partial charge < -0.3 is 20.1 Å². The van der Waals surface area contributed by atoms with E-state index in [0.717, 1.165) is 25.7 Å². The van der Waals surface area contributed by atoms with Gasteiger partial charge in [0.05, 0.1) is 23.9 Å². The first-order chi connectivity index (χ1) is 14.6. The van der Waals surface area contributed by atoms with Crippen LogP contribution in [0, 0.1) is 22.7 Å². The van der Waals surface area contributed by atoms with E-state index in [4.69, 9.17) is 4.74 Å². The molecular formula is C27H44O4. The van der Waals surface area contributed by atoms with E-state index in [1.54, 1.807) is 5.57 Å². The molecule has 4 saturated carbocycles. The molecule has 3 unspecified atom stereocenters. The van der Waals surface area contributed by atoms with Crippen LogP contribution in [0.3, 0.4) is 0 Å². The number of hydrogen-bond donors (Lipinski definition) is 3. The van der Waals surface area contributed by atoms with Gasteiger partial charge in [0, 0.05) is 12.0 Å². The summed E-state index contributed by atoms with van der Waals surface area (Å²) in [5.74, 6) is 1.17. The fourth-order valence-corrected chi connectivity index (χ4v) is 7.04. The zero-order chi connectivity index (χ0) is 22.4. The second kappa shape index (κ2) is 8.59. The van der Waals surface area contributed by atoms with Gasteiger partial charge in [0.15, 0.2) is 0 Å². The minimum absolute atomic E-state index is 0.187. The van der Waals surface area contributed by atoms with Crippen LogP contribution in [0.5, 0.6) is 0 Å². The van der Waals surface area contributed by atoms with Crippen LogP contribution in [0.1, 0.15) is 91.9 Å². The molecule has 4 rings (SSSR count). The van der Waals surface area contributed by atoms with Crippen molar-refractivity contribution in [2.24, 2.45) is 22.7 Å². The summed E-state index contributed by atoms with van der Waals surface area (Å²) in [5.41, 5.74) is 2.18. The molecular weight excluding hydrogens is 388 g/mol. The van der Waals surface area contributed by atoms with Crippen LogP contribution < -0.4 is 0 Å². The Bertz CT molecular complexity index is 697. The Hall–Kier alpha value is -0.680. The maximum absolute atomic E-state index is 10.5. The van der Waals surface area contributed by atoms with Crippen LogP contribution in [0.4, 0.5) is 0 Å². The van der Waals surface area contributed by atoms with Gasteiger partial charge in [-0.25, -0.2) is 0 Å². The monoisotopic (exact) mass is 432 g/mol. The van der Waals surface area contributed by atoms with Gasteiger partial charge in [-0.15, -0.1) is 0 Å². The third kappa shape index (κ3) is 4.69. The highest BCUT2D eigenvalue weighted by Crippen LogP contribution is 2.59. The largest absolute Gasteiger partial charge is 0.392 e. The van der Waals surface area contributed by atoms with E-state index in [1.807, 2.05) is 13.8 Å². The summed E-state index contributed by atoms with van der Waals surface area (Å²) >= 11 is 0. The molecule has 1 spiro atoms. The molecule has 0 heterocycles. The molecule has 4 aliphatic carbocycles. The van der Waals surface area contributed by atoms with Crippen molar-refractivity contribution in [3.05, 3.63) is 23.3 Å². The van der Waals surface area contributed by atoms with Crippen LogP contribution in [-0.4, -0.2) is 45.8 Å². The number of ether oxygens (including phenoxy) is 1. The standard InChI is InChI=1S/C27H44O4/c1-18(31-15-14-25(2,3)30)21-9-10-22-20(6-5-11-26(21,22)4)8-7-19-16-23(28)27(12-13-27)24(29)17-19/h7-8,18,21-24,28-30H,5-6,9-17H2,1-4H3/t18-,21?,22?,23-,24-,26?/m1/s1. The molecule has 0 saturated heterocycles. The quantitative estimate of drug-likeness (QED) is 0.557. The number of aliphatic hydroxyl groups excluding tert-OH is 2. The van der Waals surface area contributed by atoms with Gasteiger partial charge >= 0.3 is 0 Å². The van der Waals surface area contributed by atoms with Gasteiger partial charge in [0.1, 0.15) is 0 Å². The number of hydrogen-bond acceptors (Lipinski definition) is 4. The Morgan fingerprint density at radius 3 is 2.39 bits per heavy atom. The van der Waals surface area contributed by atoms with Crippen molar-refractivity contribution in [3.63, 3.8) is 0 Å². The van der Waals surface area contributed by atoms with Crippen molar-refractivity contribution >= 4 is 0 Å². The van der Waals surface area contributed by atoms with E-state index in [-0.39, 0.29) is 29.1 Å². The Morgan fingerprint density at radius 2 is 1.77 bits per heavy atom. The zero-order valence-corrected chi connectivity index (χ0v) is 20.1. The summed E-state index contributed by atoms with van der Waals surface area (Å²) in [6.07, 6.45) is 14.2. The summed E-state index contributed by atoms with van der Waals surface area (Å²) in [6.45, 7) is 8.99. The number of allylic oxidation sites excluding steroid dienone is 3. The highest BCUT2D eigenvalue weighted by molar-refractivity contribution is 5.28. The second-order valence-electron chi connectivity index (χ2n) is 12.0. The molecule has 0 bridgehead atoms. The van der Waals surface area contributed by atoms with Crippen molar-refractivity contribution < 1.29 is 20.1 Å². The lowest BCUT2D eigenvalue weighted by Gasteiger charge is -2.44. The number of rotatable bonds is 6. The minimum Gasteiger partial charge on any atom is -0.392 e. The normalized spacial score (nSPS) is 39.6. The van der Waals surface area contributed by atoms with Crippen LogP contribution in [0.2, 0.25) is 0 Å². The van der Waals surface area contributed by atoms with E-state index in [1.165, 1.54) is 37.7 Å². The Labute approximate surface area is 188 Å². The maximum atomic E-state index is 10.5. The molecule has 176 valence electrons. The highest BCUT2D eigenvalue weighted by Gasteiger charge is 2.56. The first-order valence-corrected chi connectivity index (χ1v) is 12.6. The first kappa shape index (κ1) is 23.5. The molecule has 0 amide bonds. The summed E-state index contributed by atoms with van der Waals surface area (Å²) in [5, 5.41) is 31.0. The third-order valence-electron chi connectivity index (χ3n) is 9.30. The average Bonchev–Trinajstić information content (AvgIpc) is 3.40. The Morgan fingerprint density at radius 1 is 1.10 bits per heavy atom. The lowest BCUT2D eigenvalue weighted by atomic mass is 9.62. The minimum atomic E-state index is -0.671. The Balaban J connectivity index is 1.41. The second-order valence-corrected chi connectivity index (χ2v) is 12.0. The molecule has 6 atom stereocenters. The van der Waals surface area contributed by atoms with E-state index in [0.29, 0.717) is 24.9 Å². The van der Waals surface area contributed by atoms with Gasteiger partial charge in [-0.1, -0.05) is 30.2 Å². The topological polar surface area (TPSA) is 69.9 Å². The fourth-order valence-electron chi connectivity index (χ4n) is 7.04. The van der Waals surface area contributed by atoms with Gasteiger partial charge in [0.2, 0.25) is 0 Å². The molecule has 3 N–H and O–H groups in total. The summed E-state index contributed by atoms with van der Waals surface area (Å²) in [6, 6.07) is 0. The summed E-state index contributed by atoms with van der Waals surface area (Å²) in [4.78, 5) is 0. The predicted molar refractivity (Wildman–Crippen MR) is 124 cm³/mol. The fraction of sp³-hybridized carbons (Fsp3) is 0.852. The number of fused-ring (bicyclic) bond motifs is 1. The smallest absolute Gasteiger partial charge is 0.0658 e. The van der Waals surface area contributed by atoms with Gasteiger partial charge in [-0.05, 0) is 102 Å². The molecule has 4 nitrogen and oxygen atoms in total. The first-order valence-electron chi connectivity index (χ1n) is 12.6. The van der Waals surface area contributed by atoms with Crippen molar-refractivity contribution in [2.45, 2.75) is 116 Å². The summed E-state index contributed by atoms with van der Waals surface area (Å²) < 4.78 is 6.21. The average molecular weight is 433 g/mol. The van der Waals surface area contributed by atoms with Crippen molar-refractivity contribution in [1.82, 2.24) is 0 Å². The molecule has 0 aliphatic heterocycles. The molecule has 0 aromatic heterocycles. The van der Waals surface area contributed by atoms with Crippen LogP contribution >= 0.6 is 0 Å². The van der Waals surface area contributed by atoms with E-state index in [9.17, 15) is 15.3 Å². The Kier molecular flexibility index (Phi) is 6.51. The molecule has 4 heteroatoms. The van der Waals surface area contributed by atoms with Gasteiger partial charge in [-0.3, -0.25) is 0 Å². The molecule has 0 radical (unpaired) electrons. The van der Waals surface area contributed by atoms with Crippen molar-refractivity contribution in [2.75, 3.05) is 6.61 Å². The van der Waals surface area contributed by atoms with Crippen LogP contribution in [-0.2, 0) is 4.74 Å². The lowest BCUT2D eigenvalue weighted by molar-refractivity contribution is -0.0454. The van der Waals surface area contributed by atoms with E-state index >= 15 is 0 Å². The van der Waals surface area contributed by atoms with Crippen LogP contribution in [0.25, 0.3) is 0 Å². The molecule has 31 heavy (non-hydrogen) atoms. The lowest BCUT2D eigenvalue weighted by Crippen LogP contribution is -2.39. The van der Waals surface area contributed by atoms with Crippen LogP contribution in [0.15, 0.2) is 23.3 Å². The van der Waals surface area contributed by atoms with Crippen molar-refractivity contribution in [1.29, 1.82) is 0 Å². The predicted octanol–water partition coefficient (Wildman–Crippen LogP) is 4.92. The van der Waals surface area contributed by atoms with Crippen molar-refractivity contribution in [3.8, 4) is 0 Å². The molecule has 0 aromatic rings. The van der Waals surface area contributed by atoms with E-state index < -0.39 is 5.60 Å². The third-order valence-corrected chi connectivity index (χ3v) is 9.30.